The number of nitrogens with zero attached hydrogens (tertiary/aromatic N) is 2. The first kappa shape index (κ1) is 15.7. The summed E-state index contributed by atoms with van der Waals surface area (Å²) >= 11 is 3.64. The van der Waals surface area contributed by atoms with Crippen molar-refractivity contribution in [1.82, 2.24) is 9.78 Å². The summed E-state index contributed by atoms with van der Waals surface area (Å²) in [5.74, 6) is 0. The van der Waals surface area contributed by atoms with Gasteiger partial charge < -0.3 is 5.11 Å². The van der Waals surface area contributed by atoms with Crippen LogP contribution in [0.4, 0.5) is 0 Å². The van der Waals surface area contributed by atoms with Crippen LogP contribution in [0.5, 0.6) is 0 Å². The van der Waals surface area contributed by atoms with Crippen LogP contribution in [0, 0.1) is 5.41 Å². The number of aryl methyl sites for hydroxylation is 2. The Morgan fingerprint density at radius 2 is 1.94 bits per heavy atom. The molecule has 0 saturated carbocycles. The Morgan fingerprint density at radius 1 is 1.33 bits per heavy atom. The molecule has 1 aromatic heterocycles. The third-order valence-corrected chi connectivity index (χ3v) is 4.26. The van der Waals surface area contributed by atoms with Gasteiger partial charge in [0.25, 0.3) is 0 Å². The van der Waals surface area contributed by atoms with Crippen molar-refractivity contribution in [3.05, 3.63) is 15.9 Å². The van der Waals surface area contributed by atoms with Gasteiger partial charge in [0, 0.05) is 6.54 Å². The van der Waals surface area contributed by atoms with Crippen molar-refractivity contribution in [2.24, 2.45) is 5.41 Å². The molecule has 0 amide bonds. The number of aliphatic hydroxyl groups is 1. The molecule has 4 heteroatoms. The molecule has 0 saturated heterocycles. The molecule has 18 heavy (non-hydrogen) atoms. The molecule has 1 aromatic rings. The van der Waals surface area contributed by atoms with Crippen molar-refractivity contribution in [1.29, 1.82) is 0 Å². The third kappa shape index (κ3) is 3.58. The van der Waals surface area contributed by atoms with E-state index >= 15 is 0 Å². The van der Waals surface area contributed by atoms with Gasteiger partial charge >= 0.3 is 0 Å². The molecule has 0 aliphatic rings. The maximum atomic E-state index is 10.1. The second-order valence-corrected chi connectivity index (χ2v) is 6.59. The summed E-state index contributed by atoms with van der Waals surface area (Å²) in [6, 6.07) is 0. The van der Waals surface area contributed by atoms with Gasteiger partial charge in [-0.2, -0.15) is 5.10 Å². The second-order valence-electron chi connectivity index (χ2n) is 5.80. The Balaban J connectivity index is 2.81. The van der Waals surface area contributed by atoms with E-state index in [4.69, 9.17) is 0 Å². The summed E-state index contributed by atoms with van der Waals surface area (Å²) < 4.78 is 3.16. The highest BCUT2D eigenvalue weighted by molar-refractivity contribution is 9.10. The van der Waals surface area contributed by atoms with Gasteiger partial charge in [0.1, 0.15) is 0 Å². The van der Waals surface area contributed by atoms with Crippen LogP contribution in [-0.4, -0.2) is 21.0 Å². The Bertz CT molecular complexity index is 393. The van der Waals surface area contributed by atoms with Gasteiger partial charge in [0.05, 0.1) is 22.0 Å². The minimum Gasteiger partial charge on any atom is -0.393 e. The SMILES string of the molecule is CCc1nn(CC)c(CCC(O)C(C)(C)C)c1Br. The van der Waals surface area contributed by atoms with E-state index in [1.807, 2.05) is 4.68 Å². The zero-order valence-electron chi connectivity index (χ0n) is 12.1. The monoisotopic (exact) mass is 316 g/mol. The van der Waals surface area contributed by atoms with Crippen molar-refractivity contribution in [3.63, 3.8) is 0 Å². The van der Waals surface area contributed by atoms with Crippen molar-refractivity contribution < 1.29 is 5.11 Å². The number of aliphatic hydroxyl groups excluding tert-OH is 1. The van der Waals surface area contributed by atoms with Crippen molar-refractivity contribution in [3.8, 4) is 0 Å². The van der Waals surface area contributed by atoms with Crippen LogP contribution in [0.15, 0.2) is 4.47 Å². The fourth-order valence-electron chi connectivity index (χ4n) is 1.96. The number of aromatic nitrogens is 2. The van der Waals surface area contributed by atoms with Crippen LogP contribution in [0.1, 0.15) is 52.4 Å². The van der Waals surface area contributed by atoms with Gasteiger partial charge in [0.2, 0.25) is 0 Å². The standard InChI is InChI=1S/C14H25BrN2O/c1-6-10-13(15)11(17(7-2)16-10)8-9-12(18)14(3,4)5/h12,18H,6-9H2,1-5H3. The minimum atomic E-state index is -0.283. The van der Waals surface area contributed by atoms with E-state index in [0.717, 1.165) is 36.0 Å². The van der Waals surface area contributed by atoms with Crippen LogP contribution in [0.25, 0.3) is 0 Å². The Labute approximate surface area is 119 Å². The fraction of sp³-hybridized carbons (Fsp3) is 0.786. The maximum Gasteiger partial charge on any atom is 0.0766 e. The first-order valence-corrected chi connectivity index (χ1v) is 7.52. The molecule has 1 atom stereocenters. The average Bonchev–Trinajstić information content (AvgIpc) is 2.61. The number of halogens is 1. The Kier molecular flexibility index (Phi) is 5.41. The van der Waals surface area contributed by atoms with Crippen LogP contribution in [0.2, 0.25) is 0 Å². The molecule has 0 fully saturated rings. The van der Waals surface area contributed by atoms with Gasteiger partial charge in [-0.05, 0) is 47.5 Å². The molecular formula is C14H25BrN2O. The van der Waals surface area contributed by atoms with Crippen molar-refractivity contribution in [2.45, 2.75) is 66.5 Å². The van der Waals surface area contributed by atoms with E-state index in [1.165, 1.54) is 5.69 Å². The van der Waals surface area contributed by atoms with Gasteiger partial charge in [-0.3, -0.25) is 4.68 Å². The Hall–Kier alpha value is -0.350. The van der Waals surface area contributed by atoms with Crippen LogP contribution in [0.3, 0.4) is 0 Å². The van der Waals surface area contributed by atoms with Gasteiger partial charge in [-0.1, -0.05) is 27.7 Å². The molecule has 0 bridgehead atoms. The predicted octanol–water partition coefficient (Wildman–Crippen LogP) is 3.57. The molecule has 0 radical (unpaired) electrons. The van der Waals surface area contributed by atoms with E-state index in [1.54, 1.807) is 0 Å². The minimum absolute atomic E-state index is 0.0584. The molecule has 1 unspecified atom stereocenters. The van der Waals surface area contributed by atoms with E-state index in [9.17, 15) is 5.11 Å². The second kappa shape index (κ2) is 6.20. The summed E-state index contributed by atoms with van der Waals surface area (Å²) in [6.45, 7) is 11.3. The van der Waals surface area contributed by atoms with E-state index in [0.29, 0.717) is 0 Å². The molecular weight excluding hydrogens is 292 g/mol. The highest BCUT2D eigenvalue weighted by atomic mass is 79.9. The molecule has 1 rings (SSSR count). The molecule has 1 N–H and O–H groups in total. The summed E-state index contributed by atoms with van der Waals surface area (Å²) in [4.78, 5) is 0. The Morgan fingerprint density at radius 3 is 2.39 bits per heavy atom. The van der Waals surface area contributed by atoms with Gasteiger partial charge in [-0.15, -0.1) is 0 Å². The molecule has 0 aliphatic heterocycles. The van der Waals surface area contributed by atoms with Crippen molar-refractivity contribution >= 4 is 15.9 Å². The molecule has 104 valence electrons. The fourth-order valence-corrected chi connectivity index (χ4v) is 2.73. The first-order chi connectivity index (χ1) is 8.31. The summed E-state index contributed by atoms with van der Waals surface area (Å²) in [7, 11) is 0. The van der Waals surface area contributed by atoms with Crippen LogP contribution in [-0.2, 0) is 19.4 Å². The summed E-state index contributed by atoms with van der Waals surface area (Å²) in [6.07, 6.45) is 2.29. The highest BCUT2D eigenvalue weighted by Crippen LogP contribution is 2.27. The molecule has 3 nitrogen and oxygen atoms in total. The lowest BCUT2D eigenvalue weighted by molar-refractivity contribution is 0.0555. The largest absolute Gasteiger partial charge is 0.393 e. The predicted molar refractivity (Wildman–Crippen MR) is 78.8 cm³/mol. The number of rotatable bonds is 5. The van der Waals surface area contributed by atoms with E-state index < -0.39 is 0 Å². The third-order valence-electron chi connectivity index (χ3n) is 3.35. The zero-order chi connectivity index (χ0) is 13.9. The number of hydrogen-bond donors (Lipinski definition) is 1. The quantitative estimate of drug-likeness (QED) is 0.901. The maximum absolute atomic E-state index is 10.1. The summed E-state index contributed by atoms with van der Waals surface area (Å²) in [5, 5.41) is 14.7. The molecule has 0 aromatic carbocycles. The lowest BCUT2D eigenvalue weighted by Crippen LogP contribution is -2.26. The summed E-state index contributed by atoms with van der Waals surface area (Å²) in [5.41, 5.74) is 2.26. The average molecular weight is 317 g/mol. The van der Waals surface area contributed by atoms with Gasteiger partial charge in [0.15, 0.2) is 0 Å². The zero-order valence-corrected chi connectivity index (χ0v) is 13.7. The van der Waals surface area contributed by atoms with Crippen molar-refractivity contribution in [2.75, 3.05) is 0 Å². The van der Waals surface area contributed by atoms with E-state index in [-0.39, 0.29) is 11.5 Å². The first-order valence-electron chi connectivity index (χ1n) is 6.73. The lowest BCUT2D eigenvalue weighted by atomic mass is 9.86. The van der Waals surface area contributed by atoms with Crippen LogP contribution >= 0.6 is 15.9 Å². The van der Waals surface area contributed by atoms with Gasteiger partial charge in [-0.25, -0.2) is 0 Å². The smallest absolute Gasteiger partial charge is 0.0766 e. The highest BCUT2D eigenvalue weighted by Gasteiger charge is 2.23. The van der Waals surface area contributed by atoms with E-state index in [2.05, 4.69) is 55.6 Å². The molecule has 0 spiro atoms. The lowest BCUT2D eigenvalue weighted by Gasteiger charge is -2.25. The molecule has 0 aliphatic carbocycles. The topological polar surface area (TPSA) is 38.0 Å². The molecule has 1 heterocycles. The van der Waals surface area contributed by atoms with Crippen LogP contribution < -0.4 is 0 Å². The number of hydrogen-bond acceptors (Lipinski definition) is 2. The normalized spacial score (nSPS) is 13.9.